The highest BCUT2D eigenvalue weighted by Gasteiger charge is 2.30. The highest BCUT2D eigenvalue weighted by atomic mass is 35.5. The number of nitrogens with two attached hydrogens (primary N) is 1. The minimum Gasteiger partial charge on any atom is -0.365 e. The summed E-state index contributed by atoms with van der Waals surface area (Å²) in [4.78, 5) is 12.3. The van der Waals surface area contributed by atoms with Crippen molar-refractivity contribution in [3.05, 3.63) is 33.6 Å². The second-order valence-electron chi connectivity index (χ2n) is 6.38. The third kappa shape index (κ3) is 4.24. The number of nitrogens with one attached hydrogen (secondary N) is 1. The van der Waals surface area contributed by atoms with Crippen molar-refractivity contribution in [2.75, 3.05) is 5.32 Å². The summed E-state index contributed by atoms with van der Waals surface area (Å²) in [5.41, 5.74) is 5.17. The summed E-state index contributed by atoms with van der Waals surface area (Å²) in [6.07, 6.45) is -1.15. The summed E-state index contributed by atoms with van der Waals surface area (Å²) in [5.74, 6) is 0.223. The van der Waals surface area contributed by atoms with Crippen LogP contribution in [0.15, 0.2) is 23.0 Å². The van der Waals surface area contributed by atoms with Gasteiger partial charge in [-0.25, -0.2) is 4.68 Å². The number of nitrogens with zero attached hydrogens (tertiary/aromatic N) is 2. The van der Waals surface area contributed by atoms with Gasteiger partial charge < -0.3 is 11.1 Å². The van der Waals surface area contributed by atoms with Crippen LogP contribution in [0, 0.1) is 0 Å². The first kappa shape index (κ1) is 18.0. The van der Waals surface area contributed by atoms with Gasteiger partial charge in [0, 0.05) is 22.5 Å². The molecule has 1 saturated carbocycles. The van der Waals surface area contributed by atoms with Gasteiger partial charge in [0.25, 0.3) is 5.56 Å². The maximum Gasteiger partial charge on any atom is 0.408 e. The van der Waals surface area contributed by atoms with Crippen molar-refractivity contribution >= 4 is 28.2 Å². The molecule has 0 aliphatic heterocycles. The molecular formula is C16H18ClF3N4O. The lowest BCUT2D eigenvalue weighted by atomic mass is 9.91. The number of hydrogen-bond acceptors (Lipinski definition) is 4. The molecule has 0 saturated heterocycles. The standard InChI is InChI=1S/C16H18ClF3N4O/c17-9-4-5-12-13(6-9)14(22-11-3-1-2-10(21)7-11)23-24(15(12)25)8-16(18,19)20/h4-6,10-11H,1-3,7-8,21H2,(H,22,23)/t10-,11+/m1/s1. The van der Waals surface area contributed by atoms with Gasteiger partial charge in [0.2, 0.25) is 0 Å². The molecule has 0 amide bonds. The third-order valence-electron chi connectivity index (χ3n) is 4.31. The van der Waals surface area contributed by atoms with Crippen LogP contribution >= 0.6 is 11.6 Å². The van der Waals surface area contributed by atoms with Gasteiger partial charge in [0.1, 0.15) is 6.54 Å². The van der Waals surface area contributed by atoms with E-state index in [0.29, 0.717) is 21.5 Å². The Balaban J connectivity index is 2.06. The van der Waals surface area contributed by atoms with Crippen molar-refractivity contribution in [3.8, 4) is 0 Å². The SMILES string of the molecule is N[C@@H]1CCC[C@H](Nc2nn(CC(F)(F)F)c(=O)c3ccc(Cl)cc23)C1. The monoisotopic (exact) mass is 374 g/mol. The number of fused-ring (bicyclic) bond motifs is 1. The molecule has 1 heterocycles. The molecule has 25 heavy (non-hydrogen) atoms. The molecule has 1 aromatic carbocycles. The predicted octanol–water partition coefficient (Wildman–Crippen LogP) is 3.29. The molecular weight excluding hydrogens is 357 g/mol. The van der Waals surface area contributed by atoms with Crippen LogP contribution in [0.2, 0.25) is 5.02 Å². The molecule has 0 bridgehead atoms. The summed E-state index contributed by atoms with van der Waals surface area (Å²) in [5, 5.41) is 8.01. The fourth-order valence-electron chi connectivity index (χ4n) is 3.19. The normalized spacial score (nSPS) is 21.5. The minimum atomic E-state index is -4.54. The van der Waals surface area contributed by atoms with Gasteiger partial charge in [-0.05, 0) is 43.9 Å². The quantitative estimate of drug-likeness (QED) is 0.864. The predicted molar refractivity (Wildman–Crippen MR) is 90.9 cm³/mol. The Morgan fingerprint density at radius 2 is 2.08 bits per heavy atom. The summed E-state index contributed by atoms with van der Waals surface area (Å²) in [6.45, 7) is -1.44. The van der Waals surface area contributed by atoms with E-state index < -0.39 is 18.3 Å². The summed E-state index contributed by atoms with van der Waals surface area (Å²) in [7, 11) is 0. The van der Waals surface area contributed by atoms with Crippen molar-refractivity contribution in [3.63, 3.8) is 0 Å². The van der Waals surface area contributed by atoms with Gasteiger partial charge in [-0.2, -0.15) is 18.3 Å². The molecule has 1 aromatic heterocycles. The van der Waals surface area contributed by atoms with Crippen LogP contribution in [0.5, 0.6) is 0 Å². The van der Waals surface area contributed by atoms with Gasteiger partial charge in [-0.15, -0.1) is 0 Å². The Morgan fingerprint density at radius 1 is 1.32 bits per heavy atom. The van der Waals surface area contributed by atoms with Crippen LogP contribution in [0.4, 0.5) is 19.0 Å². The summed E-state index contributed by atoms with van der Waals surface area (Å²) < 4.78 is 38.8. The molecule has 2 atom stereocenters. The first-order chi connectivity index (χ1) is 11.7. The molecule has 0 unspecified atom stereocenters. The number of halogens is 4. The zero-order valence-corrected chi connectivity index (χ0v) is 14.1. The highest BCUT2D eigenvalue weighted by Crippen LogP contribution is 2.27. The molecule has 5 nitrogen and oxygen atoms in total. The van der Waals surface area contributed by atoms with Crippen molar-refractivity contribution in [2.45, 2.75) is 50.5 Å². The average Bonchev–Trinajstić information content (AvgIpc) is 2.50. The summed E-state index contributed by atoms with van der Waals surface area (Å²) >= 11 is 5.99. The maximum absolute atomic E-state index is 12.8. The lowest BCUT2D eigenvalue weighted by Crippen LogP contribution is -2.36. The fourth-order valence-corrected chi connectivity index (χ4v) is 3.37. The molecule has 3 N–H and O–H groups in total. The van der Waals surface area contributed by atoms with Crippen molar-refractivity contribution in [1.82, 2.24) is 9.78 Å². The molecule has 3 rings (SSSR count). The van der Waals surface area contributed by atoms with E-state index in [0.717, 1.165) is 19.3 Å². The number of alkyl halides is 3. The fraction of sp³-hybridized carbons (Fsp3) is 0.500. The van der Waals surface area contributed by atoms with E-state index in [-0.39, 0.29) is 23.3 Å². The smallest absolute Gasteiger partial charge is 0.365 e. The molecule has 0 radical (unpaired) electrons. The first-order valence-corrected chi connectivity index (χ1v) is 8.40. The number of benzene rings is 1. The largest absolute Gasteiger partial charge is 0.408 e. The van der Waals surface area contributed by atoms with E-state index in [9.17, 15) is 18.0 Å². The second-order valence-corrected chi connectivity index (χ2v) is 6.82. The Hall–Kier alpha value is -1.80. The second kappa shape index (κ2) is 6.84. The molecule has 1 fully saturated rings. The average molecular weight is 375 g/mol. The Labute approximate surface area is 146 Å². The lowest BCUT2D eigenvalue weighted by molar-refractivity contribution is -0.143. The molecule has 136 valence electrons. The van der Waals surface area contributed by atoms with E-state index in [1.54, 1.807) is 0 Å². The zero-order valence-electron chi connectivity index (χ0n) is 13.3. The number of anilines is 1. The summed E-state index contributed by atoms with van der Waals surface area (Å²) in [6, 6.07) is 4.47. The van der Waals surface area contributed by atoms with Crippen LogP contribution < -0.4 is 16.6 Å². The van der Waals surface area contributed by atoms with Gasteiger partial charge in [-0.3, -0.25) is 4.79 Å². The Kier molecular flexibility index (Phi) is 4.92. The topological polar surface area (TPSA) is 72.9 Å². The van der Waals surface area contributed by atoms with E-state index >= 15 is 0 Å². The van der Waals surface area contributed by atoms with Gasteiger partial charge >= 0.3 is 6.18 Å². The number of hydrogen-bond donors (Lipinski definition) is 2. The van der Waals surface area contributed by atoms with Crippen LogP contribution in [0.1, 0.15) is 25.7 Å². The number of rotatable bonds is 3. The first-order valence-electron chi connectivity index (χ1n) is 8.02. The number of aromatic nitrogens is 2. The van der Waals surface area contributed by atoms with Crippen LogP contribution in [0.25, 0.3) is 10.8 Å². The van der Waals surface area contributed by atoms with Crippen molar-refractivity contribution in [2.24, 2.45) is 5.73 Å². The molecule has 1 aliphatic carbocycles. The maximum atomic E-state index is 12.8. The van der Waals surface area contributed by atoms with Gasteiger partial charge in [-0.1, -0.05) is 11.6 Å². The lowest BCUT2D eigenvalue weighted by Gasteiger charge is -2.28. The molecule has 2 aromatic rings. The van der Waals surface area contributed by atoms with E-state index in [1.165, 1.54) is 18.2 Å². The van der Waals surface area contributed by atoms with Gasteiger partial charge in [0.05, 0.1) is 5.39 Å². The van der Waals surface area contributed by atoms with E-state index in [2.05, 4.69) is 10.4 Å². The van der Waals surface area contributed by atoms with Crippen LogP contribution in [0.3, 0.4) is 0 Å². The van der Waals surface area contributed by atoms with Crippen LogP contribution in [-0.2, 0) is 6.54 Å². The van der Waals surface area contributed by atoms with Crippen LogP contribution in [-0.4, -0.2) is 28.0 Å². The van der Waals surface area contributed by atoms with Crippen molar-refractivity contribution in [1.29, 1.82) is 0 Å². The third-order valence-corrected chi connectivity index (χ3v) is 4.54. The van der Waals surface area contributed by atoms with Gasteiger partial charge in [0.15, 0.2) is 5.82 Å². The van der Waals surface area contributed by atoms with E-state index in [1.807, 2.05) is 0 Å². The Bertz CT molecular complexity index is 836. The minimum absolute atomic E-state index is 0.00438. The van der Waals surface area contributed by atoms with Crippen molar-refractivity contribution < 1.29 is 13.2 Å². The molecule has 0 spiro atoms. The molecule has 9 heteroatoms. The zero-order chi connectivity index (χ0) is 18.2. The Morgan fingerprint density at radius 3 is 2.76 bits per heavy atom. The highest BCUT2D eigenvalue weighted by molar-refractivity contribution is 6.31. The molecule has 1 aliphatic rings. The van der Waals surface area contributed by atoms with E-state index in [4.69, 9.17) is 17.3 Å².